The summed E-state index contributed by atoms with van der Waals surface area (Å²) < 4.78 is 21.1. The summed E-state index contributed by atoms with van der Waals surface area (Å²) in [5.41, 5.74) is 1.97. The van der Waals surface area contributed by atoms with Gasteiger partial charge in [0, 0.05) is 35.6 Å². The quantitative estimate of drug-likeness (QED) is 0.614. The predicted molar refractivity (Wildman–Crippen MR) is 116 cm³/mol. The van der Waals surface area contributed by atoms with Gasteiger partial charge in [-0.1, -0.05) is 17.7 Å². The number of nitrogens with zero attached hydrogens (tertiary/aromatic N) is 3. The molecule has 0 bridgehead atoms. The molecule has 0 aliphatic carbocycles. The van der Waals surface area contributed by atoms with Gasteiger partial charge in [0.25, 0.3) is 5.91 Å². The minimum Gasteiger partial charge on any atom is -0.371 e. The minimum absolute atomic E-state index is 0. The van der Waals surface area contributed by atoms with E-state index in [1.165, 1.54) is 29.2 Å². The molecule has 2 N–H and O–H groups in total. The Morgan fingerprint density at radius 1 is 1.35 bits per heavy atom. The van der Waals surface area contributed by atoms with Crippen molar-refractivity contribution in [2.75, 3.05) is 25.0 Å². The number of anilines is 1. The van der Waals surface area contributed by atoms with E-state index in [-0.39, 0.29) is 35.3 Å². The maximum absolute atomic E-state index is 14.2. The van der Waals surface area contributed by atoms with Crippen molar-refractivity contribution in [3.05, 3.63) is 76.3 Å². The van der Waals surface area contributed by atoms with E-state index in [0.29, 0.717) is 23.9 Å². The van der Waals surface area contributed by atoms with Crippen LogP contribution in [0.1, 0.15) is 27.6 Å². The zero-order chi connectivity index (χ0) is 21.1. The van der Waals surface area contributed by atoms with Gasteiger partial charge in [0.05, 0.1) is 36.1 Å². The summed E-state index contributed by atoms with van der Waals surface area (Å²) in [7, 11) is 0. The SMILES string of the molecule is Cl.N#Cc1ccc(-n2cc(C(=O)Nc3ccc(C4CNCCO4)c(Cl)c3)cn2)c(F)c1. The fourth-order valence-corrected chi connectivity index (χ4v) is 3.47. The third kappa shape index (κ3) is 5.03. The summed E-state index contributed by atoms with van der Waals surface area (Å²) in [4.78, 5) is 12.6. The number of morpholine rings is 1. The molecule has 31 heavy (non-hydrogen) atoms. The van der Waals surface area contributed by atoms with Crippen LogP contribution in [0.3, 0.4) is 0 Å². The Morgan fingerprint density at radius 2 is 2.19 bits per heavy atom. The van der Waals surface area contributed by atoms with Crippen molar-refractivity contribution in [3.8, 4) is 11.8 Å². The number of carbonyl (C=O) groups excluding carboxylic acids is 1. The molecule has 7 nitrogen and oxygen atoms in total. The summed E-state index contributed by atoms with van der Waals surface area (Å²) >= 11 is 6.38. The number of hydrogen-bond acceptors (Lipinski definition) is 5. The standard InChI is InChI=1S/C21H17ClFN5O2.ClH/c22-17-8-15(2-3-16(17)20-11-25-5-6-30-20)27-21(29)14-10-26-28(12-14)19-4-1-13(9-24)7-18(19)23;/h1-4,7-8,10,12,20,25H,5-6,11H2,(H,27,29);1H. The Balaban J connectivity index is 0.00000272. The van der Waals surface area contributed by atoms with Gasteiger partial charge in [-0.2, -0.15) is 10.4 Å². The van der Waals surface area contributed by atoms with Crippen molar-refractivity contribution in [3.63, 3.8) is 0 Å². The van der Waals surface area contributed by atoms with Gasteiger partial charge in [0.2, 0.25) is 0 Å². The van der Waals surface area contributed by atoms with Crippen LogP contribution in [0.2, 0.25) is 5.02 Å². The normalized spacial score (nSPS) is 15.6. The van der Waals surface area contributed by atoms with Crippen LogP contribution in [0.15, 0.2) is 48.8 Å². The van der Waals surface area contributed by atoms with Crippen molar-refractivity contribution in [1.29, 1.82) is 5.26 Å². The maximum Gasteiger partial charge on any atom is 0.258 e. The molecule has 2 aromatic carbocycles. The molecule has 1 amide bonds. The highest BCUT2D eigenvalue weighted by Crippen LogP contribution is 2.29. The van der Waals surface area contributed by atoms with Crippen molar-refractivity contribution < 1.29 is 13.9 Å². The molecule has 1 unspecified atom stereocenters. The van der Waals surface area contributed by atoms with Gasteiger partial charge in [-0.05, 0) is 30.3 Å². The fraction of sp³-hybridized carbons (Fsp3) is 0.190. The molecule has 0 radical (unpaired) electrons. The maximum atomic E-state index is 14.2. The van der Waals surface area contributed by atoms with Crippen LogP contribution in [0, 0.1) is 17.1 Å². The van der Waals surface area contributed by atoms with Crippen LogP contribution in [0.4, 0.5) is 10.1 Å². The molecule has 4 rings (SSSR count). The van der Waals surface area contributed by atoms with Crippen LogP contribution in [-0.4, -0.2) is 35.4 Å². The topological polar surface area (TPSA) is 92.0 Å². The van der Waals surface area contributed by atoms with Gasteiger partial charge in [0.15, 0.2) is 0 Å². The van der Waals surface area contributed by atoms with E-state index in [2.05, 4.69) is 15.7 Å². The average molecular weight is 462 g/mol. The summed E-state index contributed by atoms with van der Waals surface area (Å²) in [6.07, 6.45) is 2.62. The second kappa shape index (κ2) is 9.90. The number of aromatic nitrogens is 2. The number of rotatable bonds is 4. The molecule has 10 heteroatoms. The molecule has 0 spiro atoms. The van der Waals surface area contributed by atoms with Crippen LogP contribution in [0.5, 0.6) is 0 Å². The zero-order valence-electron chi connectivity index (χ0n) is 16.1. The molecular formula is C21H18Cl2FN5O2. The lowest BCUT2D eigenvalue weighted by atomic mass is 10.1. The van der Waals surface area contributed by atoms with E-state index in [9.17, 15) is 9.18 Å². The van der Waals surface area contributed by atoms with Crippen molar-refractivity contribution in [2.24, 2.45) is 0 Å². The highest BCUT2D eigenvalue weighted by molar-refractivity contribution is 6.31. The predicted octanol–water partition coefficient (Wildman–Crippen LogP) is 3.87. The largest absolute Gasteiger partial charge is 0.371 e. The number of amides is 1. The van der Waals surface area contributed by atoms with Gasteiger partial charge in [-0.25, -0.2) is 9.07 Å². The number of carbonyl (C=O) groups is 1. The first kappa shape index (κ1) is 22.7. The molecule has 160 valence electrons. The van der Waals surface area contributed by atoms with Gasteiger partial charge in [-0.15, -0.1) is 12.4 Å². The van der Waals surface area contributed by atoms with E-state index >= 15 is 0 Å². The van der Waals surface area contributed by atoms with Crippen LogP contribution >= 0.6 is 24.0 Å². The Morgan fingerprint density at radius 3 is 2.87 bits per heavy atom. The fourth-order valence-electron chi connectivity index (χ4n) is 3.17. The Labute approximate surface area is 189 Å². The monoisotopic (exact) mass is 461 g/mol. The van der Waals surface area contributed by atoms with Crippen molar-refractivity contribution >= 4 is 35.6 Å². The number of nitrogens with one attached hydrogen (secondary N) is 2. The van der Waals surface area contributed by atoms with Crippen molar-refractivity contribution in [1.82, 2.24) is 15.1 Å². The van der Waals surface area contributed by atoms with Crippen LogP contribution < -0.4 is 10.6 Å². The molecule has 1 atom stereocenters. The lowest BCUT2D eigenvalue weighted by Gasteiger charge is -2.25. The summed E-state index contributed by atoms with van der Waals surface area (Å²) in [5, 5.41) is 19.4. The number of nitriles is 1. The first-order chi connectivity index (χ1) is 14.5. The highest BCUT2D eigenvalue weighted by atomic mass is 35.5. The third-order valence-electron chi connectivity index (χ3n) is 4.70. The highest BCUT2D eigenvalue weighted by Gasteiger charge is 2.19. The third-order valence-corrected chi connectivity index (χ3v) is 5.03. The summed E-state index contributed by atoms with van der Waals surface area (Å²) in [6, 6.07) is 11.1. The van der Waals surface area contributed by atoms with E-state index < -0.39 is 11.7 Å². The first-order valence-electron chi connectivity index (χ1n) is 9.23. The molecule has 1 saturated heterocycles. The summed E-state index contributed by atoms with van der Waals surface area (Å²) in [6.45, 7) is 2.10. The number of hydrogen-bond donors (Lipinski definition) is 2. The molecule has 1 aliphatic rings. The number of ether oxygens (including phenoxy) is 1. The lowest BCUT2D eigenvalue weighted by molar-refractivity contribution is 0.0278. The minimum atomic E-state index is -0.606. The number of halogens is 3. The molecule has 3 aromatic rings. The first-order valence-corrected chi connectivity index (χ1v) is 9.61. The van der Waals surface area contributed by atoms with Gasteiger partial charge in [0.1, 0.15) is 11.5 Å². The Kier molecular flexibility index (Phi) is 7.25. The van der Waals surface area contributed by atoms with Gasteiger partial charge >= 0.3 is 0 Å². The van der Waals surface area contributed by atoms with E-state index in [1.807, 2.05) is 12.1 Å². The number of benzene rings is 2. The molecule has 1 aliphatic heterocycles. The molecule has 1 aromatic heterocycles. The molecule has 0 saturated carbocycles. The zero-order valence-corrected chi connectivity index (χ0v) is 17.7. The van der Waals surface area contributed by atoms with E-state index in [1.54, 1.807) is 12.1 Å². The van der Waals surface area contributed by atoms with E-state index in [4.69, 9.17) is 21.6 Å². The Hall–Kier alpha value is -2.96. The second-order valence-corrected chi connectivity index (χ2v) is 7.11. The lowest BCUT2D eigenvalue weighted by Crippen LogP contribution is -2.33. The molecule has 1 fully saturated rings. The Bertz CT molecular complexity index is 1140. The molecular weight excluding hydrogens is 444 g/mol. The second-order valence-electron chi connectivity index (χ2n) is 6.71. The smallest absolute Gasteiger partial charge is 0.258 e. The van der Waals surface area contributed by atoms with Crippen molar-refractivity contribution in [2.45, 2.75) is 6.10 Å². The van der Waals surface area contributed by atoms with Crippen LogP contribution in [0.25, 0.3) is 5.69 Å². The van der Waals surface area contributed by atoms with Gasteiger partial charge in [-0.3, -0.25) is 4.79 Å². The van der Waals surface area contributed by atoms with Gasteiger partial charge < -0.3 is 15.4 Å². The van der Waals surface area contributed by atoms with Crippen LogP contribution in [-0.2, 0) is 4.74 Å². The summed E-state index contributed by atoms with van der Waals surface area (Å²) in [5.74, 6) is -1.01. The van der Waals surface area contributed by atoms with E-state index in [0.717, 1.165) is 18.2 Å². The average Bonchev–Trinajstić information content (AvgIpc) is 3.24. The molecule has 2 heterocycles.